The van der Waals surface area contributed by atoms with Crippen molar-refractivity contribution in [3.63, 3.8) is 0 Å². The highest BCUT2D eigenvalue weighted by molar-refractivity contribution is 5.44. The van der Waals surface area contributed by atoms with Crippen LogP contribution in [0.1, 0.15) is 5.56 Å². The van der Waals surface area contributed by atoms with Crippen molar-refractivity contribution >= 4 is 0 Å². The third kappa shape index (κ3) is 1.54. The van der Waals surface area contributed by atoms with Crippen LogP contribution in [-0.4, -0.2) is 16.6 Å². The molecule has 4 heteroatoms. The van der Waals surface area contributed by atoms with E-state index in [2.05, 4.69) is 5.10 Å². The molecule has 0 N–H and O–H groups in total. The average molecular weight is 202 g/mol. The molecule has 0 spiro atoms. The molecule has 1 aromatic carbocycles. The highest BCUT2D eigenvalue weighted by Crippen LogP contribution is 2.32. The van der Waals surface area contributed by atoms with Gasteiger partial charge >= 0.3 is 0 Å². The van der Waals surface area contributed by atoms with Crippen molar-refractivity contribution in [2.24, 2.45) is 0 Å². The molecular weight excluding hydrogens is 192 g/mol. The second-order valence-electron chi connectivity index (χ2n) is 3.39. The smallest absolute Gasteiger partial charge is 0.231 e. The SMILES string of the molecule is c1cnn(Cc2ccc3c(c2)OCO3)c1. The molecule has 0 atom stereocenters. The zero-order valence-corrected chi connectivity index (χ0v) is 8.09. The molecular formula is C11H10N2O2. The lowest BCUT2D eigenvalue weighted by molar-refractivity contribution is 0.174. The molecule has 1 aliphatic heterocycles. The van der Waals surface area contributed by atoms with Crippen molar-refractivity contribution < 1.29 is 9.47 Å². The number of hydrogen-bond donors (Lipinski definition) is 0. The fraction of sp³-hybridized carbons (Fsp3) is 0.182. The number of nitrogens with zero attached hydrogens (tertiary/aromatic N) is 2. The molecule has 0 aliphatic carbocycles. The van der Waals surface area contributed by atoms with Crippen molar-refractivity contribution in [1.82, 2.24) is 9.78 Å². The van der Waals surface area contributed by atoms with Crippen LogP contribution in [0.4, 0.5) is 0 Å². The molecule has 0 fully saturated rings. The van der Waals surface area contributed by atoms with E-state index < -0.39 is 0 Å². The number of benzene rings is 1. The van der Waals surface area contributed by atoms with Gasteiger partial charge in [-0.3, -0.25) is 4.68 Å². The van der Waals surface area contributed by atoms with Gasteiger partial charge in [0.1, 0.15) is 0 Å². The summed E-state index contributed by atoms with van der Waals surface area (Å²) in [5, 5.41) is 4.15. The minimum Gasteiger partial charge on any atom is -0.454 e. The predicted molar refractivity (Wildman–Crippen MR) is 53.9 cm³/mol. The minimum atomic E-state index is 0.320. The van der Waals surface area contributed by atoms with E-state index in [4.69, 9.17) is 9.47 Å². The van der Waals surface area contributed by atoms with E-state index in [1.807, 2.05) is 35.1 Å². The zero-order chi connectivity index (χ0) is 10.1. The van der Waals surface area contributed by atoms with Crippen molar-refractivity contribution in [2.75, 3.05) is 6.79 Å². The molecule has 4 nitrogen and oxygen atoms in total. The predicted octanol–water partition coefficient (Wildman–Crippen LogP) is 1.66. The average Bonchev–Trinajstić information content (AvgIpc) is 2.87. The summed E-state index contributed by atoms with van der Waals surface area (Å²) in [6, 6.07) is 7.85. The Bertz CT molecular complexity index is 465. The summed E-state index contributed by atoms with van der Waals surface area (Å²) >= 11 is 0. The van der Waals surface area contributed by atoms with Gasteiger partial charge in [-0.1, -0.05) is 6.07 Å². The van der Waals surface area contributed by atoms with E-state index in [1.54, 1.807) is 6.20 Å². The van der Waals surface area contributed by atoms with Gasteiger partial charge in [-0.15, -0.1) is 0 Å². The van der Waals surface area contributed by atoms with E-state index >= 15 is 0 Å². The van der Waals surface area contributed by atoms with E-state index in [1.165, 1.54) is 0 Å². The second kappa shape index (κ2) is 3.31. The fourth-order valence-electron chi connectivity index (χ4n) is 1.62. The van der Waals surface area contributed by atoms with E-state index in [9.17, 15) is 0 Å². The topological polar surface area (TPSA) is 36.3 Å². The Morgan fingerprint density at radius 3 is 3.07 bits per heavy atom. The fourth-order valence-corrected chi connectivity index (χ4v) is 1.62. The molecule has 76 valence electrons. The Balaban J connectivity index is 1.87. The Kier molecular flexibility index (Phi) is 1.84. The van der Waals surface area contributed by atoms with Crippen LogP contribution in [-0.2, 0) is 6.54 Å². The molecule has 15 heavy (non-hydrogen) atoms. The Morgan fingerprint density at radius 2 is 2.20 bits per heavy atom. The third-order valence-electron chi connectivity index (χ3n) is 2.34. The van der Waals surface area contributed by atoms with Crippen LogP contribution in [0.2, 0.25) is 0 Å². The molecule has 0 saturated heterocycles. The van der Waals surface area contributed by atoms with Gasteiger partial charge in [0.15, 0.2) is 11.5 Å². The first kappa shape index (κ1) is 8.35. The Hall–Kier alpha value is -1.97. The lowest BCUT2D eigenvalue weighted by Gasteiger charge is -2.03. The number of aromatic nitrogens is 2. The van der Waals surface area contributed by atoms with E-state index in [0.717, 1.165) is 23.6 Å². The first-order chi connectivity index (χ1) is 7.42. The van der Waals surface area contributed by atoms with Gasteiger partial charge < -0.3 is 9.47 Å². The molecule has 0 bridgehead atoms. The van der Waals surface area contributed by atoms with Crippen LogP contribution >= 0.6 is 0 Å². The van der Waals surface area contributed by atoms with Gasteiger partial charge in [0.05, 0.1) is 6.54 Å². The summed E-state index contributed by atoms with van der Waals surface area (Å²) in [5.74, 6) is 1.64. The zero-order valence-electron chi connectivity index (χ0n) is 8.09. The molecule has 0 radical (unpaired) electrons. The Labute approximate surface area is 87.0 Å². The highest BCUT2D eigenvalue weighted by Gasteiger charge is 2.12. The van der Waals surface area contributed by atoms with Crippen LogP contribution in [0.25, 0.3) is 0 Å². The van der Waals surface area contributed by atoms with Crippen LogP contribution in [0.15, 0.2) is 36.7 Å². The molecule has 0 amide bonds. The summed E-state index contributed by atoms with van der Waals surface area (Å²) in [5.41, 5.74) is 1.16. The van der Waals surface area contributed by atoms with Gasteiger partial charge in [-0.05, 0) is 23.8 Å². The lowest BCUT2D eigenvalue weighted by atomic mass is 10.2. The van der Waals surface area contributed by atoms with Gasteiger partial charge in [0.25, 0.3) is 0 Å². The number of hydrogen-bond acceptors (Lipinski definition) is 3. The van der Waals surface area contributed by atoms with Crippen LogP contribution in [0.5, 0.6) is 11.5 Å². The van der Waals surface area contributed by atoms with Crippen molar-refractivity contribution in [1.29, 1.82) is 0 Å². The van der Waals surface area contributed by atoms with Crippen molar-refractivity contribution in [3.05, 3.63) is 42.2 Å². The van der Waals surface area contributed by atoms with Crippen LogP contribution < -0.4 is 9.47 Å². The quantitative estimate of drug-likeness (QED) is 0.743. The van der Waals surface area contributed by atoms with E-state index in [0.29, 0.717) is 6.79 Å². The number of fused-ring (bicyclic) bond motifs is 1. The monoisotopic (exact) mass is 202 g/mol. The summed E-state index contributed by atoms with van der Waals surface area (Å²) in [4.78, 5) is 0. The first-order valence-corrected chi connectivity index (χ1v) is 4.78. The molecule has 2 heterocycles. The maximum Gasteiger partial charge on any atom is 0.231 e. The molecule has 3 rings (SSSR count). The van der Waals surface area contributed by atoms with Gasteiger partial charge in [0, 0.05) is 12.4 Å². The normalized spacial score (nSPS) is 13.1. The molecule has 0 saturated carbocycles. The molecule has 2 aromatic rings. The first-order valence-electron chi connectivity index (χ1n) is 4.78. The Morgan fingerprint density at radius 1 is 1.27 bits per heavy atom. The summed E-state index contributed by atoms with van der Waals surface area (Å²) in [6.07, 6.45) is 3.71. The molecule has 0 unspecified atom stereocenters. The van der Waals surface area contributed by atoms with Crippen LogP contribution in [0, 0.1) is 0 Å². The maximum atomic E-state index is 5.31. The van der Waals surface area contributed by atoms with Gasteiger partial charge in [-0.2, -0.15) is 5.10 Å². The van der Waals surface area contributed by atoms with Gasteiger partial charge in [-0.25, -0.2) is 0 Å². The maximum absolute atomic E-state index is 5.31. The molecule has 1 aromatic heterocycles. The second-order valence-corrected chi connectivity index (χ2v) is 3.39. The largest absolute Gasteiger partial charge is 0.454 e. The summed E-state index contributed by atoms with van der Waals surface area (Å²) in [7, 11) is 0. The minimum absolute atomic E-state index is 0.320. The summed E-state index contributed by atoms with van der Waals surface area (Å²) in [6.45, 7) is 1.07. The third-order valence-corrected chi connectivity index (χ3v) is 2.34. The van der Waals surface area contributed by atoms with Crippen molar-refractivity contribution in [3.8, 4) is 11.5 Å². The number of rotatable bonds is 2. The van der Waals surface area contributed by atoms with Gasteiger partial charge in [0.2, 0.25) is 6.79 Å². The number of ether oxygens (including phenoxy) is 2. The van der Waals surface area contributed by atoms with Crippen molar-refractivity contribution in [2.45, 2.75) is 6.54 Å². The van der Waals surface area contributed by atoms with Crippen LogP contribution in [0.3, 0.4) is 0 Å². The van der Waals surface area contributed by atoms with E-state index in [-0.39, 0.29) is 0 Å². The highest BCUT2D eigenvalue weighted by atomic mass is 16.7. The lowest BCUT2D eigenvalue weighted by Crippen LogP contribution is -1.99. The summed E-state index contributed by atoms with van der Waals surface area (Å²) < 4.78 is 12.4. The standard InChI is InChI=1S/C11H10N2O2/c1-4-12-13(5-1)7-9-2-3-10-11(6-9)15-8-14-10/h1-6H,7-8H2. The molecule has 1 aliphatic rings.